The summed E-state index contributed by atoms with van der Waals surface area (Å²) in [7, 11) is 1.47. The molecule has 1 heterocycles. The van der Waals surface area contributed by atoms with Crippen molar-refractivity contribution in [3.05, 3.63) is 30.0 Å². The third-order valence-electron chi connectivity index (χ3n) is 0.799. The van der Waals surface area contributed by atoms with Gasteiger partial charge in [0, 0.05) is 6.07 Å². The van der Waals surface area contributed by atoms with Crippen molar-refractivity contribution in [2.75, 3.05) is 7.11 Å². The summed E-state index contributed by atoms with van der Waals surface area (Å²) >= 11 is 0. The Labute approximate surface area is 52.6 Å². The van der Waals surface area contributed by atoms with Gasteiger partial charge in [-0.3, -0.25) is 0 Å². The number of nitrogens with zero attached hydrogens (tertiary/aromatic N) is 1. The van der Waals surface area contributed by atoms with Crippen molar-refractivity contribution in [1.82, 2.24) is 0 Å². The van der Waals surface area contributed by atoms with Crippen LogP contribution in [0, 0.1) is 0 Å². The van der Waals surface area contributed by atoms with E-state index in [0.29, 0.717) is 5.55 Å². The molecule has 9 heavy (non-hydrogen) atoms. The van der Waals surface area contributed by atoms with Crippen LogP contribution >= 0.6 is 0 Å². The molecule has 0 aliphatic carbocycles. The van der Waals surface area contributed by atoms with Gasteiger partial charge in [0.25, 0.3) is 5.55 Å². The molecule has 0 atom stereocenters. The van der Waals surface area contributed by atoms with E-state index in [1.165, 1.54) is 13.4 Å². The Morgan fingerprint density at radius 1 is 1.56 bits per heavy atom. The second-order valence-corrected chi connectivity index (χ2v) is 1.42. The van der Waals surface area contributed by atoms with Crippen molar-refractivity contribution >= 4 is 0 Å². The fourth-order valence-corrected chi connectivity index (χ4v) is 0.473. The van der Waals surface area contributed by atoms with E-state index in [-0.39, 0.29) is 0 Å². The van der Waals surface area contributed by atoms with Gasteiger partial charge in [0.1, 0.15) is 7.11 Å². The SMILES string of the molecule is CON=c1cccco1. The molecule has 0 unspecified atom stereocenters. The van der Waals surface area contributed by atoms with Gasteiger partial charge in [-0.15, -0.1) is 0 Å². The summed E-state index contributed by atoms with van der Waals surface area (Å²) < 4.78 is 4.88. The summed E-state index contributed by atoms with van der Waals surface area (Å²) in [6.45, 7) is 0. The van der Waals surface area contributed by atoms with Crippen LogP contribution < -0.4 is 5.55 Å². The van der Waals surface area contributed by atoms with Gasteiger partial charge in [-0.05, 0) is 11.2 Å². The second kappa shape index (κ2) is 2.91. The minimum Gasteiger partial charge on any atom is -0.444 e. The van der Waals surface area contributed by atoms with E-state index in [1.54, 1.807) is 12.1 Å². The molecule has 0 aliphatic heterocycles. The predicted octanol–water partition coefficient (Wildman–Crippen LogP) is 0.742. The van der Waals surface area contributed by atoms with Gasteiger partial charge in [0.05, 0.1) is 6.26 Å². The molecule has 0 aromatic carbocycles. The van der Waals surface area contributed by atoms with Crippen molar-refractivity contribution < 1.29 is 9.25 Å². The summed E-state index contributed by atoms with van der Waals surface area (Å²) in [5.41, 5.74) is 0.472. The van der Waals surface area contributed by atoms with E-state index in [1.807, 2.05) is 6.07 Å². The Bertz CT molecular complexity index is 211. The minimum absolute atomic E-state index is 0.472. The average Bonchev–Trinajstić information content (AvgIpc) is 1.91. The minimum atomic E-state index is 0.472. The van der Waals surface area contributed by atoms with Crippen LogP contribution in [0.5, 0.6) is 0 Å². The summed E-state index contributed by atoms with van der Waals surface area (Å²) in [5, 5.41) is 3.54. The zero-order valence-electron chi connectivity index (χ0n) is 5.07. The Kier molecular flexibility index (Phi) is 1.90. The highest BCUT2D eigenvalue weighted by atomic mass is 16.6. The normalized spacial score (nSPS) is 11.4. The van der Waals surface area contributed by atoms with E-state index < -0.39 is 0 Å². The topological polar surface area (TPSA) is 34.7 Å². The lowest BCUT2D eigenvalue weighted by Crippen LogP contribution is -1.97. The molecule has 3 heteroatoms. The maximum absolute atomic E-state index is 4.88. The zero-order valence-corrected chi connectivity index (χ0v) is 5.07. The van der Waals surface area contributed by atoms with Crippen LogP contribution in [-0.4, -0.2) is 7.11 Å². The summed E-state index contributed by atoms with van der Waals surface area (Å²) in [6.07, 6.45) is 1.54. The van der Waals surface area contributed by atoms with Gasteiger partial charge in [-0.1, -0.05) is 6.07 Å². The van der Waals surface area contributed by atoms with E-state index in [2.05, 4.69) is 9.99 Å². The van der Waals surface area contributed by atoms with Crippen LogP contribution in [-0.2, 0) is 4.84 Å². The molecule has 3 nitrogen and oxygen atoms in total. The quantitative estimate of drug-likeness (QED) is 0.519. The van der Waals surface area contributed by atoms with Crippen molar-refractivity contribution in [1.29, 1.82) is 0 Å². The maximum atomic E-state index is 4.88. The molecule has 0 aliphatic rings. The highest BCUT2D eigenvalue weighted by Crippen LogP contribution is 1.75. The highest BCUT2D eigenvalue weighted by molar-refractivity contribution is 4.84. The molecule has 1 rings (SSSR count). The Morgan fingerprint density at radius 3 is 3.00 bits per heavy atom. The number of rotatable bonds is 1. The number of hydrogen-bond acceptors (Lipinski definition) is 3. The van der Waals surface area contributed by atoms with Gasteiger partial charge in [-0.2, -0.15) is 0 Å². The molecule has 0 saturated carbocycles. The lowest BCUT2D eigenvalue weighted by Gasteiger charge is -1.83. The predicted molar refractivity (Wildman–Crippen MR) is 31.3 cm³/mol. The van der Waals surface area contributed by atoms with Crippen LogP contribution in [0.15, 0.2) is 34.0 Å². The monoisotopic (exact) mass is 125 g/mol. The van der Waals surface area contributed by atoms with Gasteiger partial charge in [0.2, 0.25) is 0 Å². The maximum Gasteiger partial charge on any atom is 0.255 e. The molecular formula is C6H7NO2. The summed E-state index contributed by atoms with van der Waals surface area (Å²) in [6, 6.07) is 5.31. The van der Waals surface area contributed by atoms with Crippen molar-refractivity contribution in [3.8, 4) is 0 Å². The van der Waals surface area contributed by atoms with Crippen LogP contribution in [0.2, 0.25) is 0 Å². The van der Waals surface area contributed by atoms with Gasteiger partial charge < -0.3 is 9.25 Å². The third kappa shape index (κ3) is 1.60. The first-order chi connectivity index (χ1) is 4.43. The fraction of sp³-hybridized carbons (Fsp3) is 0.167. The Hall–Kier alpha value is -1.25. The summed E-state index contributed by atoms with van der Waals surface area (Å²) in [5.74, 6) is 0. The largest absolute Gasteiger partial charge is 0.444 e. The Morgan fingerprint density at radius 2 is 2.44 bits per heavy atom. The van der Waals surface area contributed by atoms with E-state index in [4.69, 9.17) is 4.42 Å². The molecule has 1 aromatic heterocycles. The van der Waals surface area contributed by atoms with E-state index >= 15 is 0 Å². The van der Waals surface area contributed by atoms with E-state index in [0.717, 1.165) is 0 Å². The van der Waals surface area contributed by atoms with Crippen LogP contribution in [0.4, 0.5) is 0 Å². The summed E-state index contributed by atoms with van der Waals surface area (Å²) in [4.78, 5) is 4.46. The molecule has 0 radical (unpaired) electrons. The molecule has 0 amide bonds. The van der Waals surface area contributed by atoms with Gasteiger partial charge in [0.15, 0.2) is 0 Å². The molecule has 0 spiro atoms. The second-order valence-electron chi connectivity index (χ2n) is 1.42. The lowest BCUT2D eigenvalue weighted by atomic mass is 10.5. The molecule has 0 fully saturated rings. The molecule has 0 bridgehead atoms. The molecule has 1 aromatic rings. The molecule has 0 N–H and O–H groups in total. The first-order valence-corrected chi connectivity index (χ1v) is 2.54. The van der Waals surface area contributed by atoms with E-state index in [9.17, 15) is 0 Å². The Balaban J connectivity index is 2.97. The molecular weight excluding hydrogens is 118 g/mol. The van der Waals surface area contributed by atoms with Crippen LogP contribution in [0.3, 0.4) is 0 Å². The van der Waals surface area contributed by atoms with Crippen LogP contribution in [0.25, 0.3) is 0 Å². The van der Waals surface area contributed by atoms with Crippen molar-refractivity contribution in [2.24, 2.45) is 5.16 Å². The fourth-order valence-electron chi connectivity index (χ4n) is 0.473. The smallest absolute Gasteiger partial charge is 0.255 e. The highest BCUT2D eigenvalue weighted by Gasteiger charge is 1.75. The van der Waals surface area contributed by atoms with Crippen LogP contribution in [0.1, 0.15) is 0 Å². The van der Waals surface area contributed by atoms with Crippen molar-refractivity contribution in [3.63, 3.8) is 0 Å². The average molecular weight is 125 g/mol. The first kappa shape index (κ1) is 5.88. The lowest BCUT2D eigenvalue weighted by molar-refractivity contribution is 0.184. The number of hydrogen-bond donors (Lipinski definition) is 0. The standard InChI is InChI=1S/C6H7NO2/c1-8-7-6-4-2-3-5-9-6/h2-5H,1H3. The van der Waals surface area contributed by atoms with Crippen molar-refractivity contribution in [2.45, 2.75) is 0 Å². The third-order valence-corrected chi connectivity index (χ3v) is 0.799. The first-order valence-electron chi connectivity index (χ1n) is 2.54. The molecule has 0 saturated heterocycles. The molecule has 48 valence electrons. The van der Waals surface area contributed by atoms with Gasteiger partial charge in [-0.25, -0.2) is 0 Å². The van der Waals surface area contributed by atoms with Gasteiger partial charge >= 0.3 is 0 Å². The zero-order chi connectivity index (χ0) is 6.53.